The minimum Gasteiger partial charge on any atom is -0.352 e. The van der Waals surface area contributed by atoms with E-state index >= 15 is 0 Å². The third kappa shape index (κ3) is 3.24. The van der Waals surface area contributed by atoms with Gasteiger partial charge in [-0.1, -0.05) is 6.07 Å². The maximum atomic E-state index is 13.8. The van der Waals surface area contributed by atoms with Crippen LogP contribution in [0.1, 0.15) is 35.2 Å². The van der Waals surface area contributed by atoms with E-state index < -0.39 is 23.1 Å². The molecule has 0 radical (unpaired) electrons. The van der Waals surface area contributed by atoms with Crippen LogP contribution in [0.15, 0.2) is 12.1 Å². The van der Waals surface area contributed by atoms with Crippen LogP contribution < -0.4 is 5.32 Å². The zero-order chi connectivity index (χ0) is 14.0. The molecule has 19 heavy (non-hydrogen) atoms. The number of hydrogen-bond acceptors (Lipinski definition) is 1. The number of benzene rings is 1. The highest BCUT2D eigenvalue weighted by atomic mass is 35.5. The molecular formula is C14H16ClF2NO. The number of carbonyl (C=O) groups excluding carboxylic acids is 1. The van der Waals surface area contributed by atoms with Crippen molar-refractivity contribution in [1.29, 1.82) is 0 Å². The summed E-state index contributed by atoms with van der Waals surface area (Å²) >= 11 is 5.98. The fourth-order valence-electron chi connectivity index (χ4n) is 2.39. The van der Waals surface area contributed by atoms with E-state index in [1.165, 1.54) is 13.0 Å². The molecule has 0 saturated heterocycles. The normalized spacial score (nSPS) is 22.5. The number of hydrogen-bond donors (Lipinski definition) is 1. The lowest BCUT2D eigenvalue weighted by Gasteiger charge is -2.12. The molecule has 1 aliphatic rings. The summed E-state index contributed by atoms with van der Waals surface area (Å²) in [6, 6.07) is 2.42. The Labute approximate surface area is 116 Å². The minimum atomic E-state index is -0.831. The Hall–Kier alpha value is -1.16. The Morgan fingerprint density at radius 2 is 2.16 bits per heavy atom. The van der Waals surface area contributed by atoms with E-state index in [0.717, 1.165) is 25.3 Å². The van der Waals surface area contributed by atoms with Gasteiger partial charge in [-0.15, -0.1) is 11.6 Å². The highest BCUT2D eigenvalue weighted by Gasteiger charge is 2.24. The molecule has 0 aliphatic heterocycles. The highest BCUT2D eigenvalue weighted by Crippen LogP contribution is 2.28. The minimum absolute atomic E-state index is 0.148. The van der Waals surface area contributed by atoms with Crippen molar-refractivity contribution in [3.63, 3.8) is 0 Å². The molecule has 1 aliphatic carbocycles. The smallest absolute Gasteiger partial charge is 0.257 e. The summed E-state index contributed by atoms with van der Waals surface area (Å²) in [4.78, 5) is 11.9. The Morgan fingerprint density at radius 1 is 1.42 bits per heavy atom. The second kappa shape index (κ2) is 5.87. The van der Waals surface area contributed by atoms with Gasteiger partial charge in [-0.2, -0.15) is 0 Å². The summed E-state index contributed by atoms with van der Waals surface area (Å²) in [5, 5.41) is 2.74. The van der Waals surface area contributed by atoms with Crippen LogP contribution >= 0.6 is 11.6 Å². The monoisotopic (exact) mass is 287 g/mol. The number of carbonyl (C=O) groups is 1. The first-order chi connectivity index (χ1) is 8.99. The second-order valence-corrected chi connectivity index (χ2v) is 5.66. The van der Waals surface area contributed by atoms with Crippen LogP contribution in [0.2, 0.25) is 0 Å². The van der Waals surface area contributed by atoms with E-state index in [2.05, 4.69) is 5.32 Å². The zero-order valence-corrected chi connectivity index (χ0v) is 11.4. The number of alkyl halides is 1. The van der Waals surface area contributed by atoms with Crippen LogP contribution in [-0.2, 0) is 0 Å². The molecule has 1 fully saturated rings. The lowest BCUT2D eigenvalue weighted by molar-refractivity contribution is 0.0938. The lowest BCUT2D eigenvalue weighted by atomic mass is 10.1. The van der Waals surface area contributed by atoms with Gasteiger partial charge in [0.05, 0.1) is 0 Å². The number of amides is 1. The third-order valence-corrected chi connectivity index (χ3v) is 3.94. The van der Waals surface area contributed by atoms with Gasteiger partial charge in [0.1, 0.15) is 17.2 Å². The molecule has 0 aromatic heterocycles. The molecule has 0 heterocycles. The van der Waals surface area contributed by atoms with Crippen molar-refractivity contribution < 1.29 is 13.6 Å². The number of aryl methyl sites for hydroxylation is 1. The molecule has 0 spiro atoms. The SMILES string of the molecule is Cc1ccc(F)c(C(=O)NCC2CCC(Cl)C2)c1F. The molecule has 1 aromatic rings. The molecule has 1 saturated carbocycles. The second-order valence-electron chi connectivity index (χ2n) is 5.04. The molecular weight excluding hydrogens is 272 g/mol. The lowest BCUT2D eigenvalue weighted by Crippen LogP contribution is -2.30. The van der Waals surface area contributed by atoms with Crippen LogP contribution in [0, 0.1) is 24.5 Å². The molecule has 1 aromatic carbocycles. The van der Waals surface area contributed by atoms with Crippen molar-refractivity contribution in [2.24, 2.45) is 5.92 Å². The predicted octanol–water partition coefficient (Wildman–Crippen LogP) is 3.41. The van der Waals surface area contributed by atoms with Crippen LogP contribution in [0.25, 0.3) is 0 Å². The molecule has 2 atom stereocenters. The highest BCUT2D eigenvalue weighted by molar-refractivity contribution is 6.20. The quantitative estimate of drug-likeness (QED) is 0.848. The zero-order valence-electron chi connectivity index (χ0n) is 10.7. The fourth-order valence-corrected chi connectivity index (χ4v) is 2.77. The summed E-state index contributed by atoms with van der Waals surface area (Å²) in [5.41, 5.74) is -0.242. The fraction of sp³-hybridized carbons (Fsp3) is 0.500. The van der Waals surface area contributed by atoms with Gasteiger partial charge < -0.3 is 5.32 Å². The number of nitrogens with one attached hydrogen (secondary N) is 1. The largest absolute Gasteiger partial charge is 0.352 e. The summed E-state index contributed by atoms with van der Waals surface area (Å²) in [7, 11) is 0. The van der Waals surface area contributed by atoms with Gasteiger partial charge in [0.25, 0.3) is 5.91 Å². The topological polar surface area (TPSA) is 29.1 Å². The van der Waals surface area contributed by atoms with E-state index in [-0.39, 0.29) is 10.9 Å². The molecule has 1 amide bonds. The summed E-state index contributed by atoms with van der Waals surface area (Å²) in [6.45, 7) is 1.91. The van der Waals surface area contributed by atoms with Crippen molar-refractivity contribution in [2.45, 2.75) is 31.6 Å². The van der Waals surface area contributed by atoms with E-state index in [9.17, 15) is 13.6 Å². The molecule has 104 valence electrons. The summed E-state index contributed by atoms with van der Waals surface area (Å²) in [5.74, 6) is -2.03. The molecule has 2 rings (SSSR count). The van der Waals surface area contributed by atoms with Crippen molar-refractivity contribution >= 4 is 17.5 Å². The number of rotatable bonds is 3. The number of halogens is 3. The van der Waals surface area contributed by atoms with Gasteiger partial charge in [0, 0.05) is 11.9 Å². The Bertz CT molecular complexity index is 493. The van der Waals surface area contributed by atoms with Crippen molar-refractivity contribution in [1.82, 2.24) is 5.32 Å². The molecule has 2 unspecified atom stereocenters. The van der Waals surface area contributed by atoms with Gasteiger partial charge in [0.15, 0.2) is 0 Å². The first-order valence-electron chi connectivity index (χ1n) is 6.36. The van der Waals surface area contributed by atoms with Crippen molar-refractivity contribution in [3.8, 4) is 0 Å². The van der Waals surface area contributed by atoms with Crippen LogP contribution in [-0.4, -0.2) is 17.8 Å². The first kappa shape index (κ1) is 14.3. The van der Waals surface area contributed by atoms with Crippen molar-refractivity contribution in [3.05, 3.63) is 34.9 Å². The van der Waals surface area contributed by atoms with Gasteiger partial charge in [-0.25, -0.2) is 8.78 Å². The molecule has 1 N–H and O–H groups in total. The van der Waals surface area contributed by atoms with Crippen LogP contribution in [0.3, 0.4) is 0 Å². The van der Waals surface area contributed by atoms with E-state index in [0.29, 0.717) is 12.5 Å². The summed E-state index contributed by atoms with van der Waals surface area (Å²) in [6.07, 6.45) is 2.70. The maximum Gasteiger partial charge on any atom is 0.257 e. The standard InChI is InChI=1S/C14H16ClF2NO/c1-8-2-5-11(16)12(13(8)17)14(19)18-7-9-3-4-10(15)6-9/h2,5,9-10H,3-4,6-7H2,1H3,(H,18,19). The summed E-state index contributed by atoms with van der Waals surface area (Å²) < 4.78 is 27.3. The van der Waals surface area contributed by atoms with Gasteiger partial charge in [0.2, 0.25) is 0 Å². The molecule has 0 bridgehead atoms. The van der Waals surface area contributed by atoms with Crippen molar-refractivity contribution in [2.75, 3.05) is 6.54 Å². The van der Waals surface area contributed by atoms with Crippen LogP contribution in [0.4, 0.5) is 8.78 Å². The Kier molecular flexibility index (Phi) is 4.40. The van der Waals surface area contributed by atoms with E-state index in [1.807, 2.05) is 0 Å². The Balaban J connectivity index is 2.02. The van der Waals surface area contributed by atoms with Gasteiger partial charge >= 0.3 is 0 Å². The predicted molar refractivity (Wildman–Crippen MR) is 70.4 cm³/mol. The average Bonchev–Trinajstić information content (AvgIpc) is 2.78. The Morgan fingerprint density at radius 3 is 2.79 bits per heavy atom. The average molecular weight is 288 g/mol. The first-order valence-corrected chi connectivity index (χ1v) is 6.79. The third-order valence-electron chi connectivity index (χ3n) is 3.54. The van der Waals surface area contributed by atoms with Gasteiger partial charge in [-0.3, -0.25) is 4.79 Å². The molecule has 2 nitrogen and oxygen atoms in total. The maximum absolute atomic E-state index is 13.8. The van der Waals surface area contributed by atoms with Gasteiger partial charge in [-0.05, 0) is 43.7 Å². The molecule has 5 heteroatoms. The van der Waals surface area contributed by atoms with E-state index in [4.69, 9.17) is 11.6 Å². The van der Waals surface area contributed by atoms with E-state index in [1.54, 1.807) is 0 Å². The van der Waals surface area contributed by atoms with Crippen LogP contribution in [0.5, 0.6) is 0 Å².